The van der Waals surface area contributed by atoms with Gasteiger partial charge >= 0.3 is 6.18 Å². The molecule has 1 unspecified atom stereocenters. The van der Waals surface area contributed by atoms with Gasteiger partial charge in [0.25, 0.3) is 5.91 Å². The molecule has 0 spiro atoms. The lowest BCUT2D eigenvalue weighted by Crippen LogP contribution is -2.48. The predicted molar refractivity (Wildman–Crippen MR) is 149 cm³/mol. The van der Waals surface area contributed by atoms with Crippen LogP contribution in [-0.2, 0) is 12.7 Å². The topological polar surface area (TPSA) is 74.2 Å². The second-order valence-electron chi connectivity index (χ2n) is 10.7. The SMILES string of the molecule is Cc1ccncc1CN(c1ccc(C(F)(F)F)nc1)C1CCN(C(C)CCNC(=O)c2c(C)cc(F)nc2C)CC1. The molecule has 0 saturated carbocycles. The molecular weight excluding hydrogens is 536 g/mol. The third-order valence-corrected chi connectivity index (χ3v) is 7.86. The predicted octanol–water partition coefficient (Wildman–Crippen LogP) is 5.63. The second-order valence-corrected chi connectivity index (χ2v) is 10.7. The van der Waals surface area contributed by atoms with Crippen molar-refractivity contribution in [2.75, 3.05) is 24.5 Å². The van der Waals surface area contributed by atoms with Crippen LogP contribution in [0.3, 0.4) is 0 Å². The molecule has 1 saturated heterocycles. The monoisotopic (exact) mass is 572 g/mol. The van der Waals surface area contributed by atoms with Crippen molar-refractivity contribution in [3.8, 4) is 0 Å². The third-order valence-electron chi connectivity index (χ3n) is 7.86. The Hall–Kier alpha value is -3.60. The zero-order valence-electron chi connectivity index (χ0n) is 23.8. The Balaban J connectivity index is 1.37. The molecule has 1 N–H and O–H groups in total. The van der Waals surface area contributed by atoms with E-state index in [0.29, 0.717) is 35.6 Å². The van der Waals surface area contributed by atoms with E-state index in [1.807, 2.05) is 13.0 Å². The van der Waals surface area contributed by atoms with Gasteiger partial charge in [-0.05, 0) is 87.9 Å². The molecule has 4 rings (SSSR count). The number of rotatable bonds is 9. The van der Waals surface area contributed by atoms with E-state index in [1.54, 1.807) is 26.2 Å². The first-order valence-electron chi connectivity index (χ1n) is 13.8. The van der Waals surface area contributed by atoms with E-state index in [2.05, 4.69) is 37.0 Å². The number of nitrogens with one attached hydrogen (secondary N) is 1. The van der Waals surface area contributed by atoms with E-state index >= 15 is 0 Å². The van der Waals surface area contributed by atoms with Crippen molar-refractivity contribution < 1.29 is 22.4 Å². The van der Waals surface area contributed by atoms with E-state index in [-0.39, 0.29) is 18.0 Å². The lowest BCUT2D eigenvalue weighted by atomic mass is 9.99. The molecule has 11 heteroatoms. The average molecular weight is 573 g/mol. The first-order chi connectivity index (χ1) is 19.4. The molecule has 1 aliphatic heterocycles. The highest BCUT2D eigenvalue weighted by Gasteiger charge is 2.33. The van der Waals surface area contributed by atoms with E-state index in [9.17, 15) is 22.4 Å². The van der Waals surface area contributed by atoms with Crippen molar-refractivity contribution in [3.63, 3.8) is 0 Å². The van der Waals surface area contributed by atoms with Gasteiger partial charge in [-0.15, -0.1) is 0 Å². The molecule has 1 fully saturated rings. The maximum absolute atomic E-state index is 13.5. The standard InChI is InChI=1S/C30H36F4N6O/c1-19-7-11-35-16-23(19)18-40(25-5-6-26(37-17-25)30(32,33)34)24-9-13-39(14-10-24)21(3)8-12-36-29(41)28-20(2)15-27(31)38-22(28)4/h5-7,11,15-17,21,24H,8-10,12-14,18H2,1-4H3,(H,36,41). The van der Waals surface area contributed by atoms with Crippen molar-refractivity contribution in [2.45, 2.75) is 71.8 Å². The number of carbonyl (C=O) groups is 1. The van der Waals surface area contributed by atoms with E-state index in [0.717, 1.165) is 49.5 Å². The molecule has 0 aromatic carbocycles. The molecule has 1 atom stereocenters. The van der Waals surface area contributed by atoms with E-state index < -0.39 is 17.8 Å². The molecule has 1 amide bonds. The highest BCUT2D eigenvalue weighted by atomic mass is 19.4. The number of amides is 1. The molecule has 1 aliphatic rings. The molecule has 41 heavy (non-hydrogen) atoms. The first-order valence-corrected chi connectivity index (χ1v) is 13.8. The summed E-state index contributed by atoms with van der Waals surface area (Å²) < 4.78 is 52.9. The molecule has 3 aromatic heterocycles. The van der Waals surface area contributed by atoms with Crippen LogP contribution in [0.2, 0.25) is 0 Å². The number of aromatic nitrogens is 3. The van der Waals surface area contributed by atoms with Crippen molar-refractivity contribution in [2.24, 2.45) is 0 Å². The molecule has 0 aliphatic carbocycles. The Morgan fingerprint density at radius 1 is 1.12 bits per heavy atom. The molecule has 220 valence electrons. The third kappa shape index (κ3) is 7.58. The summed E-state index contributed by atoms with van der Waals surface area (Å²) in [5, 5.41) is 2.94. The lowest BCUT2D eigenvalue weighted by molar-refractivity contribution is -0.141. The summed E-state index contributed by atoms with van der Waals surface area (Å²) in [4.78, 5) is 28.9. The summed E-state index contributed by atoms with van der Waals surface area (Å²) in [5.41, 5.74) is 3.15. The molecule has 4 heterocycles. The first kappa shape index (κ1) is 30.4. The highest BCUT2D eigenvalue weighted by molar-refractivity contribution is 5.96. The lowest BCUT2D eigenvalue weighted by Gasteiger charge is -2.42. The summed E-state index contributed by atoms with van der Waals surface area (Å²) in [7, 11) is 0. The van der Waals surface area contributed by atoms with Gasteiger partial charge in [-0.25, -0.2) is 9.97 Å². The number of hydrogen-bond acceptors (Lipinski definition) is 6. The zero-order valence-corrected chi connectivity index (χ0v) is 23.8. The van der Waals surface area contributed by atoms with Gasteiger partial charge in [-0.1, -0.05) is 0 Å². The van der Waals surface area contributed by atoms with Gasteiger partial charge in [0.2, 0.25) is 5.95 Å². The van der Waals surface area contributed by atoms with E-state index in [1.165, 1.54) is 18.3 Å². The maximum Gasteiger partial charge on any atom is 0.433 e. The highest BCUT2D eigenvalue weighted by Crippen LogP contribution is 2.31. The summed E-state index contributed by atoms with van der Waals surface area (Å²) in [6, 6.07) is 6.05. The smallest absolute Gasteiger partial charge is 0.363 e. The Bertz CT molecular complexity index is 1320. The summed E-state index contributed by atoms with van der Waals surface area (Å²) in [6.07, 6.45) is 2.75. The number of nitrogens with zero attached hydrogens (tertiary/aromatic N) is 5. The van der Waals surface area contributed by atoms with Crippen molar-refractivity contribution >= 4 is 11.6 Å². The number of pyridine rings is 3. The van der Waals surface area contributed by atoms with Crippen molar-refractivity contribution in [1.29, 1.82) is 0 Å². The molecule has 0 bridgehead atoms. The zero-order chi connectivity index (χ0) is 29.7. The van der Waals surface area contributed by atoms with Crippen LogP contribution in [-0.4, -0.2) is 57.5 Å². The fourth-order valence-electron chi connectivity index (χ4n) is 5.43. The van der Waals surface area contributed by atoms with Crippen LogP contribution in [0.5, 0.6) is 0 Å². The maximum atomic E-state index is 13.5. The Kier molecular flexibility index (Phi) is 9.57. The number of likely N-dealkylation sites (tertiary alicyclic amines) is 1. The fourth-order valence-corrected chi connectivity index (χ4v) is 5.43. The van der Waals surface area contributed by atoms with Crippen LogP contribution < -0.4 is 10.2 Å². The van der Waals surface area contributed by atoms with Gasteiger partial charge < -0.3 is 15.1 Å². The number of aryl methyl sites for hydroxylation is 3. The van der Waals surface area contributed by atoms with Crippen LogP contribution in [0.25, 0.3) is 0 Å². The number of carbonyl (C=O) groups excluding carboxylic acids is 1. The Labute approximate surface area is 238 Å². The van der Waals surface area contributed by atoms with Crippen LogP contribution in [0.1, 0.15) is 64.6 Å². The minimum atomic E-state index is -4.49. The van der Waals surface area contributed by atoms with Crippen LogP contribution in [0, 0.1) is 26.7 Å². The number of piperidine rings is 1. The molecule has 0 radical (unpaired) electrons. The summed E-state index contributed by atoms with van der Waals surface area (Å²) >= 11 is 0. The van der Waals surface area contributed by atoms with Crippen molar-refractivity contribution in [3.05, 3.63) is 82.4 Å². The largest absolute Gasteiger partial charge is 0.433 e. The van der Waals surface area contributed by atoms with Gasteiger partial charge in [0.05, 0.1) is 23.1 Å². The van der Waals surface area contributed by atoms with E-state index in [4.69, 9.17) is 0 Å². The number of halogens is 4. The minimum absolute atomic E-state index is 0.119. The summed E-state index contributed by atoms with van der Waals surface area (Å²) in [5.74, 6) is -0.859. The molecular formula is C30H36F4N6O. The quantitative estimate of drug-likeness (QED) is 0.265. The summed E-state index contributed by atoms with van der Waals surface area (Å²) in [6.45, 7) is 10.1. The number of alkyl halides is 3. The van der Waals surface area contributed by atoms with Crippen molar-refractivity contribution in [1.82, 2.24) is 25.2 Å². The number of anilines is 1. The van der Waals surface area contributed by atoms with Gasteiger partial charge in [0.15, 0.2) is 0 Å². The van der Waals surface area contributed by atoms with Gasteiger partial charge in [0, 0.05) is 50.7 Å². The normalized spacial score (nSPS) is 15.5. The number of hydrogen-bond donors (Lipinski definition) is 1. The van der Waals surface area contributed by atoms with Gasteiger partial charge in [-0.3, -0.25) is 9.78 Å². The fraction of sp³-hybridized carbons (Fsp3) is 0.467. The van der Waals surface area contributed by atoms with Crippen LogP contribution >= 0.6 is 0 Å². The van der Waals surface area contributed by atoms with Gasteiger partial charge in [-0.2, -0.15) is 17.6 Å². The Morgan fingerprint density at radius 3 is 2.46 bits per heavy atom. The second kappa shape index (κ2) is 12.9. The molecule has 7 nitrogen and oxygen atoms in total. The minimum Gasteiger partial charge on any atom is -0.363 e. The Morgan fingerprint density at radius 2 is 1.85 bits per heavy atom. The van der Waals surface area contributed by atoms with Gasteiger partial charge in [0.1, 0.15) is 5.69 Å². The average Bonchev–Trinajstić information content (AvgIpc) is 2.92. The van der Waals surface area contributed by atoms with Crippen LogP contribution in [0.4, 0.5) is 23.2 Å². The van der Waals surface area contributed by atoms with Crippen LogP contribution in [0.15, 0.2) is 42.9 Å². The molecule has 3 aromatic rings.